The number of nitrogens with one attached hydrogen (secondary N) is 1. The average molecular weight is 295 g/mol. The van der Waals surface area contributed by atoms with Gasteiger partial charge < -0.3 is 15.8 Å². The maximum atomic E-state index is 11.5. The average Bonchev–Trinajstić information content (AvgIpc) is 2.74. The van der Waals surface area contributed by atoms with Gasteiger partial charge in [0.2, 0.25) is 0 Å². The topological polar surface area (TPSA) is 95.1 Å². The summed E-state index contributed by atoms with van der Waals surface area (Å²) in [6, 6.07) is 0.429. The van der Waals surface area contributed by atoms with Gasteiger partial charge in [0.1, 0.15) is 5.60 Å². The van der Waals surface area contributed by atoms with Crippen LogP contribution in [0.3, 0.4) is 0 Å². The van der Waals surface area contributed by atoms with Crippen molar-refractivity contribution < 1.29 is 9.53 Å². The summed E-state index contributed by atoms with van der Waals surface area (Å²) in [5.41, 5.74) is 6.02. The molecule has 0 aromatic carbocycles. The zero-order valence-corrected chi connectivity index (χ0v) is 13.0. The first-order valence-electron chi connectivity index (χ1n) is 7.45. The molecule has 118 valence electrons. The van der Waals surface area contributed by atoms with Gasteiger partial charge in [-0.2, -0.15) is 0 Å². The van der Waals surface area contributed by atoms with E-state index in [-0.39, 0.29) is 0 Å². The molecule has 0 spiro atoms. The van der Waals surface area contributed by atoms with Crippen molar-refractivity contribution in [3.05, 3.63) is 11.9 Å². The van der Waals surface area contributed by atoms with E-state index in [0.29, 0.717) is 24.9 Å². The van der Waals surface area contributed by atoms with E-state index in [1.807, 2.05) is 31.6 Å². The summed E-state index contributed by atoms with van der Waals surface area (Å²) in [5, 5.41) is 11.0. The molecule has 0 radical (unpaired) electrons. The first-order valence-corrected chi connectivity index (χ1v) is 7.45. The molecule has 0 atom stereocenters. The van der Waals surface area contributed by atoms with Crippen LogP contribution in [0.15, 0.2) is 6.20 Å². The summed E-state index contributed by atoms with van der Waals surface area (Å²) in [5.74, 6) is 0.622. The predicted molar refractivity (Wildman–Crippen MR) is 78.8 cm³/mol. The Labute approximate surface area is 125 Å². The minimum absolute atomic E-state index is 0.403. The number of carbonyl (C=O) groups is 1. The molecule has 3 N–H and O–H groups in total. The summed E-state index contributed by atoms with van der Waals surface area (Å²) in [6.45, 7) is 6.75. The number of ether oxygens (including phenoxy) is 1. The largest absolute Gasteiger partial charge is 0.444 e. The number of amides is 1. The van der Waals surface area contributed by atoms with Gasteiger partial charge in [-0.05, 0) is 46.1 Å². The number of hydrogen-bond donors (Lipinski definition) is 2. The molecule has 0 saturated heterocycles. The first-order chi connectivity index (χ1) is 9.87. The third kappa shape index (κ3) is 4.70. The summed E-state index contributed by atoms with van der Waals surface area (Å²) < 4.78 is 7.08. The van der Waals surface area contributed by atoms with Crippen molar-refractivity contribution in [2.24, 2.45) is 11.7 Å². The standard InChI is InChI=1S/C14H25N5O2/c1-14(2,3)21-13(20)16-5-4-11-9-19(18-17-11)12-6-10(7-12)8-15/h9-10,12H,4-8,15H2,1-3H3,(H,16,20). The summed E-state index contributed by atoms with van der Waals surface area (Å²) in [4.78, 5) is 11.5. The maximum Gasteiger partial charge on any atom is 0.407 e. The second-order valence-electron chi connectivity index (χ2n) is 6.60. The number of carbonyl (C=O) groups excluding carboxylic acids is 1. The van der Waals surface area contributed by atoms with Crippen LogP contribution in [0.2, 0.25) is 0 Å². The Morgan fingerprint density at radius 2 is 2.24 bits per heavy atom. The molecule has 1 aliphatic carbocycles. The van der Waals surface area contributed by atoms with E-state index in [2.05, 4.69) is 15.6 Å². The molecule has 0 bridgehead atoms. The minimum Gasteiger partial charge on any atom is -0.444 e. The fraction of sp³-hybridized carbons (Fsp3) is 0.786. The van der Waals surface area contributed by atoms with Gasteiger partial charge in [0.25, 0.3) is 0 Å². The molecule has 21 heavy (non-hydrogen) atoms. The second-order valence-corrected chi connectivity index (χ2v) is 6.60. The number of nitrogens with two attached hydrogens (primary N) is 1. The highest BCUT2D eigenvalue weighted by atomic mass is 16.6. The van der Waals surface area contributed by atoms with E-state index < -0.39 is 11.7 Å². The zero-order valence-electron chi connectivity index (χ0n) is 13.0. The monoisotopic (exact) mass is 295 g/mol. The van der Waals surface area contributed by atoms with Gasteiger partial charge in [-0.25, -0.2) is 9.48 Å². The van der Waals surface area contributed by atoms with Gasteiger partial charge in [0.15, 0.2) is 0 Å². The molecule has 1 fully saturated rings. The van der Waals surface area contributed by atoms with Crippen LogP contribution in [-0.2, 0) is 11.2 Å². The lowest BCUT2D eigenvalue weighted by Crippen LogP contribution is -2.33. The van der Waals surface area contributed by atoms with Crippen LogP contribution in [0.25, 0.3) is 0 Å². The highest BCUT2D eigenvalue weighted by molar-refractivity contribution is 5.67. The molecule has 1 aliphatic rings. The predicted octanol–water partition coefficient (Wildman–Crippen LogP) is 1.26. The fourth-order valence-corrected chi connectivity index (χ4v) is 2.32. The Hall–Kier alpha value is -1.63. The smallest absolute Gasteiger partial charge is 0.407 e. The molecule has 1 aromatic heterocycles. The lowest BCUT2D eigenvalue weighted by atomic mass is 9.80. The SMILES string of the molecule is CC(C)(C)OC(=O)NCCc1cn(C2CC(CN)C2)nn1. The van der Waals surface area contributed by atoms with Crippen molar-refractivity contribution >= 4 is 6.09 Å². The van der Waals surface area contributed by atoms with E-state index in [1.165, 1.54) is 0 Å². The number of alkyl carbamates (subject to hydrolysis) is 1. The Balaban J connectivity index is 1.70. The molecular weight excluding hydrogens is 270 g/mol. The molecule has 1 saturated carbocycles. The van der Waals surface area contributed by atoms with Gasteiger partial charge in [0.05, 0.1) is 11.7 Å². The lowest BCUT2D eigenvalue weighted by Gasteiger charge is -2.33. The van der Waals surface area contributed by atoms with E-state index in [9.17, 15) is 4.79 Å². The first kappa shape index (κ1) is 15.8. The maximum absolute atomic E-state index is 11.5. The van der Waals surface area contributed by atoms with Gasteiger partial charge >= 0.3 is 6.09 Å². The Morgan fingerprint density at radius 1 is 1.52 bits per heavy atom. The van der Waals surface area contributed by atoms with Crippen molar-refractivity contribution in [2.75, 3.05) is 13.1 Å². The van der Waals surface area contributed by atoms with Crippen LogP contribution in [0.5, 0.6) is 0 Å². The van der Waals surface area contributed by atoms with E-state index in [1.54, 1.807) is 0 Å². The summed E-state index contributed by atoms with van der Waals surface area (Å²) in [6.07, 6.45) is 4.35. The van der Waals surface area contributed by atoms with Gasteiger partial charge in [0, 0.05) is 19.2 Å². The highest BCUT2D eigenvalue weighted by Gasteiger charge is 2.30. The van der Waals surface area contributed by atoms with Gasteiger partial charge in [-0.3, -0.25) is 0 Å². The van der Waals surface area contributed by atoms with Gasteiger partial charge in [-0.15, -0.1) is 5.10 Å². The second kappa shape index (κ2) is 6.43. The Kier molecular flexibility index (Phi) is 4.82. The third-order valence-electron chi connectivity index (χ3n) is 3.53. The van der Waals surface area contributed by atoms with Crippen molar-refractivity contribution in [1.82, 2.24) is 20.3 Å². The van der Waals surface area contributed by atoms with E-state index in [0.717, 1.165) is 25.1 Å². The third-order valence-corrected chi connectivity index (χ3v) is 3.53. The fourth-order valence-electron chi connectivity index (χ4n) is 2.32. The highest BCUT2D eigenvalue weighted by Crippen LogP contribution is 2.36. The Morgan fingerprint density at radius 3 is 2.86 bits per heavy atom. The van der Waals surface area contributed by atoms with Crippen molar-refractivity contribution in [3.63, 3.8) is 0 Å². The number of nitrogens with zero attached hydrogens (tertiary/aromatic N) is 3. The number of rotatable bonds is 5. The number of aromatic nitrogens is 3. The Bertz CT molecular complexity index is 474. The van der Waals surface area contributed by atoms with Crippen LogP contribution >= 0.6 is 0 Å². The normalized spacial score (nSPS) is 21.7. The molecule has 0 aliphatic heterocycles. The van der Waals surface area contributed by atoms with Crippen LogP contribution in [0.1, 0.15) is 45.3 Å². The molecule has 0 unspecified atom stereocenters. The molecular formula is C14H25N5O2. The summed E-state index contributed by atoms with van der Waals surface area (Å²) >= 11 is 0. The quantitative estimate of drug-likeness (QED) is 0.852. The van der Waals surface area contributed by atoms with Crippen LogP contribution in [0, 0.1) is 5.92 Å². The molecule has 7 nitrogen and oxygen atoms in total. The van der Waals surface area contributed by atoms with E-state index in [4.69, 9.17) is 10.5 Å². The molecule has 2 rings (SSSR count). The van der Waals surface area contributed by atoms with Crippen molar-refractivity contribution in [2.45, 2.75) is 51.7 Å². The van der Waals surface area contributed by atoms with Crippen LogP contribution in [0.4, 0.5) is 4.79 Å². The van der Waals surface area contributed by atoms with Crippen LogP contribution < -0.4 is 11.1 Å². The number of hydrogen-bond acceptors (Lipinski definition) is 5. The lowest BCUT2D eigenvalue weighted by molar-refractivity contribution is 0.0528. The van der Waals surface area contributed by atoms with Crippen molar-refractivity contribution in [3.8, 4) is 0 Å². The minimum atomic E-state index is -0.475. The summed E-state index contributed by atoms with van der Waals surface area (Å²) in [7, 11) is 0. The molecule has 1 aromatic rings. The zero-order chi connectivity index (χ0) is 15.5. The van der Waals surface area contributed by atoms with Crippen molar-refractivity contribution in [1.29, 1.82) is 0 Å². The molecule has 1 heterocycles. The van der Waals surface area contributed by atoms with Crippen LogP contribution in [-0.4, -0.2) is 39.8 Å². The molecule has 7 heteroatoms. The van der Waals surface area contributed by atoms with Gasteiger partial charge in [-0.1, -0.05) is 5.21 Å². The molecule has 1 amide bonds. The van der Waals surface area contributed by atoms with E-state index >= 15 is 0 Å².